The average molecular weight is 689 g/mol. The van der Waals surface area contributed by atoms with Crippen LogP contribution in [0.25, 0.3) is 71.6 Å². The molecule has 0 saturated heterocycles. The number of anilines is 3. The molecule has 0 saturated carbocycles. The summed E-state index contributed by atoms with van der Waals surface area (Å²) in [6.07, 6.45) is 0. The zero-order valence-electron chi connectivity index (χ0n) is 29.7. The molecule has 0 amide bonds. The number of nitrogens with zero attached hydrogens (tertiary/aromatic N) is 2. The zero-order valence-corrected chi connectivity index (χ0v) is 29.7. The second-order valence-corrected chi connectivity index (χ2v) is 13.7. The third-order valence-electron chi connectivity index (χ3n) is 10.6. The minimum Gasteiger partial charge on any atom is -0.310 e. The number of hydrogen-bond acceptors (Lipinski definition) is 1. The third kappa shape index (κ3) is 5.44. The van der Waals surface area contributed by atoms with Crippen molar-refractivity contribution in [1.29, 1.82) is 0 Å². The van der Waals surface area contributed by atoms with Crippen molar-refractivity contribution in [2.45, 2.75) is 0 Å². The summed E-state index contributed by atoms with van der Waals surface area (Å²) in [5, 5.41) is 4.95. The molecule has 0 fully saturated rings. The number of benzene rings is 9. The largest absolute Gasteiger partial charge is 0.310 e. The summed E-state index contributed by atoms with van der Waals surface area (Å²) in [4.78, 5) is 2.37. The molecular formula is C52H36N2. The molecule has 0 radical (unpaired) electrons. The van der Waals surface area contributed by atoms with Crippen LogP contribution in [0.2, 0.25) is 0 Å². The van der Waals surface area contributed by atoms with Crippen molar-refractivity contribution in [3.05, 3.63) is 218 Å². The number of rotatable bonds is 7. The Kier molecular flexibility index (Phi) is 7.85. The SMILES string of the molecule is c1ccc(-c2ccccc2-c2cccc3c2c2cc(N(c4ccccc4)c4ccc(-c5cccc6ccccc56)cc4)ccc2n3-c2ccccc2)cc1. The molecular weight excluding hydrogens is 653 g/mol. The van der Waals surface area contributed by atoms with Gasteiger partial charge in [0.2, 0.25) is 0 Å². The van der Waals surface area contributed by atoms with Crippen LogP contribution in [0.4, 0.5) is 17.1 Å². The Morgan fingerprint density at radius 3 is 1.67 bits per heavy atom. The number of para-hydroxylation sites is 2. The van der Waals surface area contributed by atoms with Gasteiger partial charge in [-0.05, 0) is 105 Å². The highest BCUT2D eigenvalue weighted by Gasteiger charge is 2.21. The third-order valence-corrected chi connectivity index (χ3v) is 10.6. The van der Waals surface area contributed by atoms with E-state index >= 15 is 0 Å². The van der Waals surface area contributed by atoms with Crippen molar-refractivity contribution in [3.63, 3.8) is 0 Å². The van der Waals surface area contributed by atoms with E-state index < -0.39 is 0 Å². The molecule has 0 aliphatic carbocycles. The van der Waals surface area contributed by atoms with Gasteiger partial charge in [0.15, 0.2) is 0 Å². The molecule has 1 heterocycles. The van der Waals surface area contributed by atoms with Crippen LogP contribution in [0.3, 0.4) is 0 Å². The second-order valence-electron chi connectivity index (χ2n) is 13.7. The summed E-state index contributed by atoms with van der Waals surface area (Å²) in [7, 11) is 0. The number of hydrogen-bond donors (Lipinski definition) is 0. The topological polar surface area (TPSA) is 8.17 Å². The Labute approximate surface area is 315 Å². The standard InChI is InChI=1S/C52H36N2/c1-4-16-37(17-5-1)46-25-12-13-26-47(46)48-28-15-29-51-52(48)49-36-43(34-35-50(49)54(51)41-22-8-3-9-23-41)53(40-20-6-2-7-21-40)42-32-30-39(31-33-42)45-27-14-19-38-18-10-11-24-44(38)45/h1-36H. The maximum atomic E-state index is 2.41. The molecule has 0 atom stereocenters. The number of fused-ring (bicyclic) bond motifs is 4. The monoisotopic (exact) mass is 688 g/mol. The first kappa shape index (κ1) is 31.6. The van der Waals surface area contributed by atoms with Crippen molar-refractivity contribution < 1.29 is 0 Å². The normalized spacial score (nSPS) is 11.3. The molecule has 0 spiro atoms. The molecule has 10 aromatic rings. The maximum absolute atomic E-state index is 2.41. The molecule has 0 bridgehead atoms. The molecule has 10 rings (SSSR count). The van der Waals surface area contributed by atoms with Gasteiger partial charge in [-0.1, -0.05) is 158 Å². The van der Waals surface area contributed by atoms with E-state index in [-0.39, 0.29) is 0 Å². The van der Waals surface area contributed by atoms with Gasteiger partial charge in [0.1, 0.15) is 0 Å². The lowest BCUT2D eigenvalue weighted by Crippen LogP contribution is -2.09. The van der Waals surface area contributed by atoms with E-state index in [0.717, 1.165) is 22.7 Å². The molecule has 0 N–H and O–H groups in total. The summed E-state index contributed by atoms with van der Waals surface area (Å²) < 4.78 is 2.41. The van der Waals surface area contributed by atoms with Gasteiger partial charge in [-0.15, -0.1) is 0 Å². The number of aromatic nitrogens is 1. The van der Waals surface area contributed by atoms with E-state index in [1.165, 1.54) is 66.0 Å². The quantitative estimate of drug-likeness (QED) is 0.162. The van der Waals surface area contributed by atoms with Crippen LogP contribution in [0, 0.1) is 0 Å². The van der Waals surface area contributed by atoms with Gasteiger partial charge in [0.05, 0.1) is 11.0 Å². The van der Waals surface area contributed by atoms with Gasteiger partial charge < -0.3 is 9.47 Å². The summed E-state index contributed by atoms with van der Waals surface area (Å²) >= 11 is 0. The highest BCUT2D eigenvalue weighted by molar-refractivity contribution is 6.17. The fourth-order valence-electron chi connectivity index (χ4n) is 8.16. The predicted octanol–water partition coefficient (Wildman–Crippen LogP) is 14.4. The van der Waals surface area contributed by atoms with Gasteiger partial charge in [0, 0.05) is 33.5 Å². The zero-order chi connectivity index (χ0) is 35.8. The highest BCUT2D eigenvalue weighted by atomic mass is 15.1. The minimum absolute atomic E-state index is 1.10. The van der Waals surface area contributed by atoms with E-state index in [1.54, 1.807) is 0 Å². The Morgan fingerprint density at radius 2 is 0.870 bits per heavy atom. The van der Waals surface area contributed by atoms with E-state index in [0.29, 0.717) is 0 Å². The van der Waals surface area contributed by atoms with Crippen molar-refractivity contribution >= 4 is 49.6 Å². The Balaban J connectivity index is 1.19. The summed E-state index contributed by atoms with van der Waals surface area (Å²) in [5.41, 5.74) is 14.1. The van der Waals surface area contributed by atoms with Crippen LogP contribution in [0.1, 0.15) is 0 Å². The first-order valence-corrected chi connectivity index (χ1v) is 18.5. The highest BCUT2D eigenvalue weighted by Crippen LogP contribution is 2.44. The van der Waals surface area contributed by atoms with Crippen LogP contribution < -0.4 is 4.90 Å². The summed E-state index contributed by atoms with van der Waals surface area (Å²) in [6.45, 7) is 0. The van der Waals surface area contributed by atoms with Crippen LogP contribution in [-0.2, 0) is 0 Å². The fraction of sp³-hybridized carbons (Fsp3) is 0. The summed E-state index contributed by atoms with van der Waals surface area (Å²) in [5.74, 6) is 0. The molecule has 54 heavy (non-hydrogen) atoms. The molecule has 9 aromatic carbocycles. The molecule has 254 valence electrons. The second kappa shape index (κ2) is 13.4. The molecule has 2 nitrogen and oxygen atoms in total. The van der Waals surface area contributed by atoms with Crippen LogP contribution in [0.15, 0.2) is 218 Å². The van der Waals surface area contributed by atoms with Crippen molar-refractivity contribution in [2.24, 2.45) is 0 Å². The van der Waals surface area contributed by atoms with Gasteiger partial charge >= 0.3 is 0 Å². The van der Waals surface area contributed by atoms with Crippen LogP contribution in [0.5, 0.6) is 0 Å². The Hall–Kier alpha value is -7.16. The maximum Gasteiger partial charge on any atom is 0.0547 e. The van der Waals surface area contributed by atoms with E-state index in [2.05, 4.69) is 228 Å². The average Bonchev–Trinajstić information content (AvgIpc) is 3.59. The molecule has 0 unspecified atom stereocenters. The molecule has 0 aliphatic rings. The lowest BCUT2D eigenvalue weighted by Gasteiger charge is -2.26. The Bertz CT molecular complexity index is 2900. The van der Waals surface area contributed by atoms with Crippen molar-refractivity contribution in [2.75, 3.05) is 4.90 Å². The van der Waals surface area contributed by atoms with Gasteiger partial charge in [-0.25, -0.2) is 0 Å². The van der Waals surface area contributed by atoms with Gasteiger partial charge in [-0.3, -0.25) is 0 Å². The van der Waals surface area contributed by atoms with E-state index in [4.69, 9.17) is 0 Å². The van der Waals surface area contributed by atoms with Gasteiger partial charge in [0.25, 0.3) is 0 Å². The molecule has 0 aliphatic heterocycles. The predicted molar refractivity (Wildman–Crippen MR) is 229 cm³/mol. The smallest absolute Gasteiger partial charge is 0.0547 e. The van der Waals surface area contributed by atoms with Crippen LogP contribution >= 0.6 is 0 Å². The lowest BCUT2D eigenvalue weighted by molar-refractivity contribution is 1.18. The lowest BCUT2D eigenvalue weighted by atomic mass is 9.92. The first-order chi connectivity index (χ1) is 26.8. The fourth-order valence-corrected chi connectivity index (χ4v) is 8.16. The van der Waals surface area contributed by atoms with E-state index in [1.807, 2.05) is 0 Å². The molecule has 1 aromatic heterocycles. The first-order valence-electron chi connectivity index (χ1n) is 18.5. The Morgan fingerprint density at radius 1 is 0.315 bits per heavy atom. The van der Waals surface area contributed by atoms with Crippen molar-refractivity contribution in [3.8, 4) is 39.1 Å². The van der Waals surface area contributed by atoms with Gasteiger partial charge in [-0.2, -0.15) is 0 Å². The van der Waals surface area contributed by atoms with Crippen LogP contribution in [-0.4, -0.2) is 4.57 Å². The molecule has 2 heteroatoms. The summed E-state index contributed by atoms with van der Waals surface area (Å²) in [6, 6.07) is 78.8. The van der Waals surface area contributed by atoms with E-state index in [9.17, 15) is 0 Å². The van der Waals surface area contributed by atoms with Crippen molar-refractivity contribution in [1.82, 2.24) is 4.57 Å². The minimum atomic E-state index is 1.10.